The minimum Gasteiger partial charge on any atom is -0.295 e. The number of Topliss-reactive ketones (excluding diaryl/α,β-unsaturated/α-hetero) is 1. The first kappa shape index (κ1) is 28.8. The summed E-state index contributed by atoms with van der Waals surface area (Å²) in [5.41, 5.74) is -1.23. The third kappa shape index (κ3) is 3.43. The molecule has 7 nitrogen and oxygen atoms in total. The van der Waals surface area contributed by atoms with E-state index in [1.54, 1.807) is 0 Å². The number of carbonyl (C=O) groups excluding carboxylic acids is 3. The maximum atomic E-state index is 14.6. The predicted octanol–water partition coefficient (Wildman–Crippen LogP) is 6.61. The number of ketones is 2. The van der Waals surface area contributed by atoms with E-state index >= 15 is 0 Å². The Kier molecular flexibility index (Phi) is 5.91. The van der Waals surface area contributed by atoms with E-state index in [2.05, 4.69) is 45.7 Å². The van der Waals surface area contributed by atoms with Crippen LogP contribution in [0, 0.1) is 72.9 Å². The topological polar surface area (TPSA) is 117 Å². The lowest BCUT2D eigenvalue weighted by molar-refractivity contribution is -0.164. The van der Waals surface area contributed by atoms with Crippen molar-refractivity contribution in [3.8, 4) is 12.1 Å². The molecule has 5 aliphatic carbocycles. The first-order chi connectivity index (χ1) is 19.5. The number of nitriles is 2. The minimum absolute atomic E-state index is 0.00433. The lowest BCUT2D eigenvalue weighted by Crippen LogP contribution is -2.66. The molecular weight excluding hydrogens is 524 g/mol. The Morgan fingerprint density at radius 2 is 1.67 bits per heavy atom. The predicted molar refractivity (Wildman–Crippen MR) is 156 cm³/mol. The molecule has 42 heavy (non-hydrogen) atoms. The van der Waals surface area contributed by atoms with Gasteiger partial charge in [-0.05, 0) is 79.1 Å². The quantitative estimate of drug-likeness (QED) is 0.377. The Hall–Kier alpha value is -3.32. The first-order valence-electron chi connectivity index (χ1n) is 15.4. The maximum absolute atomic E-state index is 14.6. The molecule has 7 unspecified atom stereocenters. The lowest BCUT2D eigenvalue weighted by atomic mass is 9.34. The van der Waals surface area contributed by atoms with Crippen LogP contribution in [0.4, 0.5) is 0 Å². The van der Waals surface area contributed by atoms with Crippen molar-refractivity contribution in [3.63, 3.8) is 0 Å². The fourth-order valence-corrected chi connectivity index (χ4v) is 10.8. The SMILES string of the molecule is CC1(C)CCC2(C(=O)n3cnc(C#N)c3)CCC3(C)C(C(=O)C=C4C5(C)C=C(C#N)C(=O)C(C)(C)C5CCC43C)C2C1. The molecule has 6 rings (SSSR count). The molecule has 7 atom stereocenters. The number of hydrogen-bond acceptors (Lipinski definition) is 6. The summed E-state index contributed by atoms with van der Waals surface area (Å²) in [6, 6.07) is 4.20. The Labute approximate surface area is 249 Å². The second-order valence-electron chi connectivity index (χ2n) is 16.0. The Bertz CT molecular complexity index is 1580. The van der Waals surface area contributed by atoms with Gasteiger partial charge in [0.2, 0.25) is 5.91 Å². The number of rotatable bonds is 1. The van der Waals surface area contributed by atoms with Gasteiger partial charge in [0.15, 0.2) is 17.3 Å². The fraction of sp³-hybridized carbons (Fsp3) is 0.657. The molecule has 1 aromatic rings. The van der Waals surface area contributed by atoms with Crippen LogP contribution in [0.1, 0.15) is 104 Å². The molecule has 0 saturated heterocycles. The molecule has 1 aromatic heterocycles. The van der Waals surface area contributed by atoms with Crippen LogP contribution in [0.2, 0.25) is 0 Å². The molecule has 220 valence electrons. The lowest BCUT2D eigenvalue weighted by Gasteiger charge is -2.69. The molecule has 3 fully saturated rings. The molecular formula is C35H42N4O3. The van der Waals surface area contributed by atoms with E-state index in [1.807, 2.05) is 32.1 Å². The van der Waals surface area contributed by atoms with E-state index in [4.69, 9.17) is 0 Å². The average Bonchev–Trinajstić information content (AvgIpc) is 3.41. The van der Waals surface area contributed by atoms with E-state index in [0.717, 1.165) is 37.7 Å². The van der Waals surface area contributed by atoms with E-state index < -0.39 is 16.2 Å². The van der Waals surface area contributed by atoms with Crippen LogP contribution >= 0.6 is 0 Å². The van der Waals surface area contributed by atoms with Gasteiger partial charge in [0, 0.05) is 22.9 Å². The summed E-state index contributed by atoms with van der Waals surface area (Å²) in [7, 11) is 0. The Balaban J connectivity index is 1.52. The zero-order valence-corrected chi connectivity index (χ0v) is 26.0. The van der Waals surface area contributed by atoms with Crippen molar-refractivity contribution in [2.24, 2.45) is 50.2 Å². The molecule has 3 saturated carbocycles. The summed E-state index contributed by atoms with van der Waals surface area (Å²) in [6.07, 6.45) is 12.2. The molecule has 0 amide bonds. The first-order valence-corrected chi connectivity index (χ1v) is 15.4. The van der Waals surface area contributed by atoms with Gasteiger partial charge in [0.05, 0.1) is 11.0 Å². The number of aromatic nitrogens is 2. The van der Waals surface area contributed by atoms with Crippen LogP contribution < -0.4 is 0 Å². The number of nitrogens with zero attached hydrogens (tertiary/aromatic N) is 4. The van der Waals surface area contributed by atoms with Crippen LogP contribution in [0.5, 0.6) is 0 Å². The smallest absolute Gasteiger partial charge is 0.238 e. The molecule has 1 heterocycles. The van der Waals surface area contributed by atoms with Gasteiger partial charge in [-0.15, -0.1) is 0 Å². The summed E-state index contributed by atoms with van der Waals surface area (Å²) < 4.78 is 1.49. The normalized spacial score (nSPS) is 41.5. The van der Waals surface area contributed by atoms with Crippen molar-refractivity contribution < 1.29 is 14.4 Å². The van der Waals surface area contributed by atoms with Crippen molar-refractivity contribution >= 4 is 17.5 Å². The highest BCUT2D eigenvalue weighted by atomic mass is 16.2. The molecule has 0 spiro atoms. The van der Waals surface area contributed by atoms with Gasteiger partial charge in [-0.2, -0.15) is 10.5 Å². The fourth-order valence-electron chi connectivity index (χ4n) is 10.8. The van der Waals surface area contributed by atoms with Gasteiger partial charge >= 0.3 is 0 Å². The van der Waals surface area contributed by atoms with Crippen LogP contribution in [-0.4, -0.2) is 27.0 Å². The van der Waals surface area contributed by atoms with Gasteiger partial charge in [0.25, 0.3) is 0 Å². The van der Waals surface area contributed by atoms with Crippen LogP contribution in [0.25, 0.3) is 0 Å². The van der Waals surface area contributed by atoms with Gasteiger partial charge in [-0.25, -0.2) is 4.98 Å². The van der Waals surface area contributed by atoms with Crippen LogP contribution in [0.3, 0.4) is 0 Å². The number of fused-ring (bicyclic) bond motifs is 7. The summed E-state index contributed by atoms with van der Waals surface area (Å²) in [4.78, 5) is 46.4. The van der Waals surface area contributed by atoms with E-state index in [0.29, 0.717) is 12.8 Å². The van der Waals surface area contributed by atoms with Crippen LogP contribution in [-0.2, 0) is 9.59 Å². The molecule has 0 bridgehead atoms. The second-order valence-corrected chi connectivity index (χ2v) is 16.0. The molecule has 0 radical (unpaired) electrons. The second kappa shape index (κ2) is 8.62. The Morgan fingerprint density at radius 1 is 0.976 bits per heavy atom. The number of imidazole rings is 1. The third-order valence-electron chi connectivity index (χ3n) is 13.2. The zero-order chi connectivity index (χ0) is 30.7. The summed E-state index contributed by atoms with van der Waals surface area (Å²) in [5, 5.41) is 19.3. The summed E-state index contributed by atoms with van der Waals surface area (Å²) in [5.74, 6) is -0.529. The number of carbonyl (C=O) groups is 3. The largest absolute Gasteiger partial charge is 0.295 e. The standard InChI is InChI=1S/C35H42N4O3/c1-30(2)10-12-35(29(42)39-19-22(18-37)38-20-39)13-11-34(7)27(23(35)16-30)24(40)14-26-32(5)15-21(17-36)28(41)31(3,4)25(32)8-9-33(26,34)6/h14-15,19-20,23,25,27H,8-13,16H2,1-7H3. The van der Waals surface area contributed by atoms with Crippen molar-refractivity contribution in [2.75, 3.05) is 0 Å². The highest BCUT2D eigenvalue weighted by molar-refractivity contribution is 6.04. The van der Waals surface area contributed by atoms with Crippen LogP contribution in [0.15, 0.2) is 35.8 Å². The van der Waals surface area contributed by atoms with Gasteiger partial charge in [-0.1, -0.05) is 60.1 Å². The summed E-state index contributed by atoms with van der Waals surface area (Å²) in [6.45, 7) is 15.1. The monoisotopic (exact) mass is 566 g/mol. The van der Waals surface area contributed by atoms with E-state index in [-0.39, 0.29) is 62.7 Å². The van der Waals surface area contributed by atoms with Gasteiger partial charge < -0.3 is 0 Å². The van der Waals surface area contributed by atoms with E-state index in [9.17, 15) is 24.9 Å². The molecule has 0 aliphatic heterocycles. The highest BCUT2D eigenvalue weighted by Gasteiger charge is 2.71. The molecule has 7 heteroatoms. The average molecular weight is 567 g/mol. The highest BCUT2D eigenvalue weighted by Crippen LogP contribution is 2.74. The van der Waals surface area contributed by atoms with Gasteiger partial charge in [0.1, 0.15) is 18.5 Å². The van der Waals surface area contributed by atoms with Crippen molar-refractivity contribution in [1.82, 2.24) is 9.55 Å². The number of hydrogen-bond donors (Lipinski definition) is 0. The summed E-state index contributed by atoms with van der Waals surface area (Å²) >= 11 is 0. The zero-order valence-electron chi connectivity index (χ0n) is 26.0. The van der Waals surface area contributed by atoms with Crippen molar-refractivity contribution in [1.29, 1.82) is 10.5 Å². The third-order valence-corrected chi connectivity index (χ3v) is 13.2. The minimum atomic E-state index is -0.702. The Morgan fingerprint density at radius 3 is 2.31 bits per heavy atom. The molecule has 0 aromatic carbocycles. The molecule has 0 N–H and O–H groups in total. The van der Waals surface area contributed by atoms with Crippen molar-refractivity contribution in [2.45, 2.75) is 93.4 Å². The maximum Gasteiger partial charge on any atom is 0.238 e. The van der Waals surface area contributed by atoms with Crippen molar-refractivity contribution in [3.05, 3.63) is 41.5 Å². The molecule has 5 aliphatic rings. The number of allylic oxidation sites excluding steroid dienone is 4. The van der Waals surface area contributed by atoms with E-state index in [1.165, 1.54) is 17.1 Å². The van der Waals surface area contributed by atoms with Gasteiger partial charge in [-0.3, -0.25) is 19.0 Å².